The van der Waals surface area contributed by atoms with E-state index in [0.717, 1.165) is 5.56 Å². The molecule has 1 aromatic rings. The molecule has 0 aliphatic heterocycles. The van der Waals surface area contributed by atoms with Gasteiger partial charge < -0.3 is 19.7 Å². The van der Waals surface area contributed by atoms with Crippen LogP contribution in [0.15, 0.2) is 18.2 Å². The van der Waals surface area contributed by atoms with Gasteiger partial charge in [-0.15, -0.1) is 0 Å². The average molecular weight is 294 g/mol. The second kappa shape index (κ2) is 8.52. The minimum absolute atomic E-state index is 0.105. The molecule has 1 aromatic carbocycles. The summed E-state index contributed by atoms with van der Waals surface area (Å²) in [6, 6.07) is 6.07. The number of ether oxygens (including phenoxy) is 2. The number of methoxy groups -OCH3 is 2. The summed E-state index contributed by atoms with van der Waals surface area (Å²) in [5.74, 6) is 1.46. The maximum absolute atomic E-state index is 12.1. The molecule has 0 atom stereocenters. The van der Waals surface area contributed by atoms with Gasteiger partial charge in [0.1, 0.15) is 0 Å². The molecule has 5 nitrogen and oxygen atoms in total. The molecule has 0 fully saturated rings. The first-order valence-electron chi connectivity index (χ1n) is 7.16. The Labute approximate surface area is 127 Å². The lowest BCUT2D eigenvalue weighted by atomic mass is 10.1. The monoisotopic (exact) mass is 294 g/mol. The highest BCUT2D eigenvalue weighted by Gasteiger charge is 2.14. The first-order chi connectivity index (χ1) is 9.99. The van der Waals surface area contributed by atoms with Crippen molar-refractivity contribution in [3.63, 3.8) is 0 Å². The fourth-order valence-corrected chi connectivity index (χ4v) is 2.08. The van der Waals surface area contributed by atoms with Crippen molar-refractivity contribution in [1.29, 1.82) is 0 Å². The Hall–Kier alpha value is -1.75. The van der Waals surface area contributed by atoms with E-state index in [1.54, 1.807) is 26.2 Å². The SMILES string of the molecule is COc1cccc(CN(C)C(=O)CCNC(C)C)c1OC. The van der Waals surface area contributed by atoms with Crippen molar-refractivity contribution in [2.75, 3.05) is 27.8 Å². The van der Waals surface area contributed by atoms with E-state index < -0.39 is 0 Å². The van der Waals surface area contributed by atoms with Gasteiger partial charge in [0.2, 0.25) is 5.91 Å². The third-order valence-electron chi connectivity index (χ3n) is 3.21. The van der Waals surface area contributed by atoms with E-state index in [9.17, 15) is 4.79 Å². The molecule has 118 valence electrons. The molecule has 0 saturated carbocycles. The molecule has 0 aliphatic carbocycles. The molecule has 1 N–H and O–H groups in total. The molecule has 0 bridgehead atoms. The third kappa shape index (κ3) is 5.27. The maximum atomic E-state index is 12.1. The number of hydrogen-bond acceptors (Lipinski definition) is 4. The molecule has 5 heteroatoms. The first-order valence-corrected chi connectivity index (χ1v) is 7.16. The third-order valence-corrected chi connectivity index (χ3v) is 3.21. The molecule has 1 amide bonds. The lowest BCUT2D eigenvalue weighted by molar-refractivity contribution is -0.130. The van der Waals surface area contributed by atoms with Crippen LogP contribution in [0.25, 0.3) is 0 Å². The number of para-hydroxylation sites is 1. The van der Waals surface area contributed by atoms with Gasteiger partial charge in [-0.25, -0.2) is 0 Å². The smallest absolute Gasteiger partial charge is 0.223 e. The molecular formula is C16H26N2O3. The molecular weight excluding hydrogens is 268 g/mol. The van der Waals surface area contributed by atoms with Gasteiger partial charge in [-0.05, 0) is 6.07 Å². The molecule has 0 aromatic heterocycles. The quantitative estimate of drug-likeness (QED) is 0.797. The van der Waals surface area contributed by atoms with Crippen LogP contribution in [-0.2, 0) is 11.3 Å². The summed E-state index contributed by atoms with van der Waals surface area (Å²) in [5.41, 5.74) is 0.935. The number of carbonyl (C=O) groups is 1. The van der Waals surface area contributed by atoms with Crippen LogP contribution in [0.2, 0.25) is 0 Å². The Bertz CT molecular complexity index is 461. The Morgan fingerprint density at radius 3 is 2.57 bits per heavy atom. The number of rotatable bonds is 8. The molecule has 0 unspecified atom stereocenters. The van der Waals surface area contributed by atoms with Crippen LogP contribution in [0.3, 0.4) is 0 Å². The molecule has 1 rings (SSSR count). The van der Waals surface area contributed by atoms with Crippen LogP contribution in [0, 0.1) is 0 Å². The Balaban J connectivity index is 2.65. The van der Waals surface area contributed by atoms with Crippen molar-refractivity contribution in [1.82, 2.24) is 10.2 Å². The number of hydrogen-bond donors (Lipinski definition) is 1. The second-order valence-electron chi connectivity index (χ2n) is 5.26. The lowest BCUT2D eigenvalue weighted by Crippen LogP contribution is -2.31. The zero-order chi connectivity index (χ0) is 15.8. The van der Waals surface area contributed by atoms with Gasteiger partial charge in [-0.1, -0.05) is 26.0 Å². The summed E-state index contributed by atoms with van der Waals surface area (Å²) in [4.78, 5) is 13.8. The largest absolute Gasteiger partial charge is 0.493 e. The van der Waals surface area contributed by atoms with Crippen molar-refractivity contribution >= 4 is 5.91 Å². The van der Waals surface area contributed by atoms with E-state index in [4.69, 9.17) is 9.47 Å². The fourth-order valence-electron chi connectivity index (χ4n) is 2.08. The number of carbonyl (C=O) groups excluding carboxylic acids is 1. The highest BCUT2D eigenvalue weighted by Crippen LogP contribution is 2.31. The Kier molecular flexibility index (Phi) is 7.02. The highest BCUT2D eigenvalue weighted by atomic mass is 16.5. The van der Waals surface area contributed by atoms with E-state index in [1.807, 2.05) is 18.2 Å². The minimum Gasteiger partial charge on any atom is -0.493 e. The van der Waals surface area contributed by atoms with Gasteiger partial charge in [0.05, 0.1) is 14.2 Å². The summed E-state index contributed by atoms with van der Waals surface area (Å²) in [5, 5.41) is 3.24. The zero-order valence-corrected chi connectivity index (χ0v) is 13.6. The van der Waals surface area contributed by atoms with Crippen molar-refractivity contribution < 1.29 is 14.3 Å². The molecule has 0 saturated heterocycles. The molecule has 0 radical (unpaired) electrons. The van der Waals surface area contributed by atoms with Crippen molar-refractivity contribution in [2.45, 2.75) is 32.9 Å². The normalized spacial score (nSPS) is 10.6. The van der Waals surface area contributed by atoms with Crippen molar-refractivity contribution in [3.05, 3.63) is 23.8 Å². The maximum Gasteiger partial charge on any atom is 0.223 e. The van der Waals surface area contributed by atoms with Crippen LogP contribution in [0.5, 0.6) is 11.5 Å². The average Bonchev–Trinajstić information content (AvgIpc) is 2.46. The van der Waals surface area contributed by atoms with E-state index in [0.29, 0.717) is 37.1 Å². The van der Waals surface area contributed by atoms with Gasteiger partial charge in [0.15, 0.2) is 11.5 Å². The Morgan fingerprint density at radius 2 is 2.00 bits per heavy atom. The standard InChI is InChI=1S/C16H26N2O3/c1-12(2)17-10-9-15(19)18(3)11-13-7-6-8-14(20-4)16(13)21-5/h6-8,12,17H,9-11H2,1-5H3. The summed E-state index contributed by atoms with van der Waals surface area (Å²) in [7, 11) is 5.01. The second-order valence-corrected chi connectivity index (χ2v) is 5.26. The summed E-state index contributed by atoms with van der Waals surface area (Å²) in [6.45, 7) is 5.32. The fraction of sp³-hybridized carbons (Fsp3) is 0.562. The van der Waals surface area contributed by atoms with Crippen LogP contribution < -0.4 is 14.8 Å². The summed E-state index contributed by atoms with van der Waals surface area (Å²) in [6.07, 6.45) is 0.487. The van der Waals surface area contributed by atoms with Gasteiger partial charge in [-0.3, -0.25) is 4.79 Å². The van der Waals surface area contributed by atoms with E-state index in [1.165, 1.54) is 0 Å². The minimum atomic E-state index is 0.105. The lowest BCUT2D eigenvalue weighted by Gasteiger charge is -2.20. The van der Waals surface area contributed by atoms with E-state index in [2.05, 4.69) is 19.2 Å². The van der Waals surface area contributed by atoms with Crippen LogP contribution >= 0.6 is 0 Å². The molecule has 0 spiro atoms. The molecule has 21 heavy (non-hydrogen) atoms. The van der Waals surface area contributed by atoms with Crippen molar-refractivity contribution in [2.24, 2.45) is 0 Å². The number of amides is 1. The van der Waals surface area contributed by atoms with Crippen LogP contribution in [-0.4, -0.2) is 44.7 Å². The Morgan fingerprint density at radius 1 is 1.29 bits per heavy atom. The van der Waals surface area contributed by atoms with E-state index in [-0.39, 0.29) is 5.91 Å². The number of nitrogens with zero attached hydrogens (tertiary/aromatic N) is 1. The van der Waals surface area contributed by atoms with Gasteiger partial charge >= 0.3 is 0 Å². The molecule has 0 aliphatic rings. The van der Waals surface area contributed by atoms with E-state index >= 15 is 0 Å². The highest BCUT2D eigenvalue weighted by molar-refractivity contribution is 5.76. The summed E-state index contributed by atoms with van der Waals surface area (Å²) >= 11 is 0. The molecule has 0 heterocycles. The number of benzene rings is 1. The van der Waals surface area contributed by atoms with Crippen molar-refractivity contribution in [3.8, 4) is 11.5 Å². The predicted octanol–water partition coefficient (Wildman–Crippen LogP) is 2.05. The van der Waals surface area contributed by atoms with Gasteiger partial charge in [-0.2, -0.15) is 0 Å². The number of nitrogens with one attached hydrogen (secondary N) is 1. The predicted molar refractivity (Wildman–Crippen MR) is 83.8 cm³/mol. The topological polar surface area (TPSA) is 50.8 Å². The van der Waals surface area contributed by atoms with Gasteiger partial charge in [0.25, 0.3) is 0 Å². The van der Waals surface area contributed by atoms with Gasteiger partial charge in [0, 0.05) is 38.2 Å². The van der Waals surface area contributed by atoms with Crippen LogP contribution in [0.4, 0.5) is 0 Å². The zero-order valence-electron chi connectivity index (χ0n) is 13.6. The van der Waals surface area contributed by atoms with Crippen LogP contribution in [0.1, 0.15) is 25.8 Å². The summed E-state index contributed by atoms with van der Waals surface area (Å²) < 4.78 is 10.7. The first kappa shape index (κ1) is 17.3.